The fourth-order valence-electron chi connectivity index (χ4n) is 7.00. The molecule has 0 aliphatic heterocycles. The molecule has 0 radical (unpaired) electrons. The van der Waals surface area contributed by atoms with Gasteiger partial charge in [-0.2, -0.15) is 0 Å². The zero-order valence-corrected chi connectivity index (χ0v) is 35.6. The number of halogens is 4. The summed E-state index contributed by atoms with van der Waals surface area (Å²) in [7, 11) is 13.6. The fourth-order valence-corrected chi connectivity index (χ4v) is 15.5. The second-order valence-electron chi connectivity index (χ2n) is 12.3. The molecule has 7 heteroatoms. The molecule has 0 fully saturated rings. The Bertz CT molecular complexity index is 1790. The maximum atomic E-state index is 4.90. The van der Waals surface area contributed by atoms with Gasteiger partial charge >= 0.3 is 49.6 Å². The van der Waals surface area contributed by atoms with Gasteiger partial charge in [0.05, 0.1) is 0 Å². The van der Waals surface area contributed by atoms with Crippen molar-refractivity contribution >= 4 is 97.4 Å². The Morgan fingerprint density at radius 2 is 0.291 bits per heavy atom. The van der Waals surface area contributed by atoms with E-state index in [2.05, 4.69) is 243 Å². The van der Waals surface area contributed by atoms with E-state index in [0.29, 0.717) is 0 Å². The zero-order valence-electron chi connectivity index (χ0n) is 29.8. The molecule has 0 aromatic heterocycles. The molecule has 8 aromatic carbocycles. The Labute approximate surface area is 346 Å². The Morgan fingerprint density at radius 1 is 0.200 bits per heavy atom. The average molecular weight is 884 g/mol. The van der Waals surface area contributed by atoms with Gasteiger partial charge in [-0.3, -0.25) is 0 Å². The van der Waals surface area contributed by atoms with Gasteiger partial charge in [-0.1, -0.05) is 146 Å². The first kappa shape index (κ1) is 40.9. The van der Waals surface area contributed by atoms with Crippen LogP contribution in [0, 0.1) is 0 Å². The van der Waals surface area contributed by atoms with E-state index in [9.17, 15) is 0 Å². The smallest absolute Gasteiger partial charge is 0.0620 e. The molecule has 0 unspecified atom stereocenters. The molecular formula is C48H40Cl4CuP2. The van der Waals surface area contributed by atoms with Crippen molar-refractivity contribution in [2.45, 2.75) is 0 Å². The summed E-state index contributed by atoms with van der Waals surface area (Å²) in [6.45, 7) is 0. The monoisotopic (exact) mass is 881 g/mol. The van der Waals surface area contributed by atoms with Crippen molar-refractivity contribution in [3.8, 4) is 0 Å². The average Bonchev–Trinajstić information content (AvgIpc) is 3.24. The van der Waals surface area contributed by atoms with Crippen LogP contribution in [0.2, 0.25) is 0 Å². The van der Waals surface area contributed by atoms with Gasteiger partial charge in [0, 0.05) is 0 Å². The van der Waals surface area contributed by atoms with Gasteiger partial charge in [0.25, 0.3) is 0 Å². The summed E-state index contributed by atoms with van der Waals surface area (Å²) in [5, 5.41) is 11.1. The van der Waals surface area contributed by atoms with Crippen molar-refractivity contribution in [3.05, 3.63) is 243 Å². The summed E-state index contributed by atoms with van der Waals surface area (Å²) in [4.78, 5) is 0. The molecule has 55 heavy (non-hydrogen) atoms. The Kier molecular flexibility index (Phi) is 14.8. The van der Waals surface area contributed by atoms with Crippen LogP contribution in [0.15, 0.2) is 243 Å². The Hall–Kier alpha value is -3.70. The van der Waals surface area contributed by atoms with E-state index in [1.54, 1.807) is 0 Å². The number of benzene rings is 8. The van der Waals surface area contributed by atoms with Crippen LogP contribution in [-0.4, -0.2) is 0 Å². The van der Waals surface area contributed by atoms with Crippen LogP contribution in [0.4, 0.5) is 0 Å². The molecule has 0 nitrogen and oxygen atoms in total. The van der Waals surface area contributed by atoms with Crippen molar-refractivity contribution in [1.82, 2.24) is 0 Å². The third kappa shape index (κ3) is 10.0. The van der Waals surface area contributed by atoms with Crippen molar-refractivity contribution in [3.63, 3.8) is 0 Å². The normalized spacial score (nSPS) is 11.6. The second kappa shape index (κ2) is 19.9. The molecule has 0 spiro atoms. The van der Waals surface area contributed by atoms with Gasteiger partial charge in [-0.15, -0.1) is 0 Å². The minimum absolute atomic E-state index is 1.39. The van der Waals surface area contributed by atoms with Crippen LogP contribution in [0.25, 0.3) is 0 Å². The van der Waals surface area contributed by atoms with Crippen molar-refractivity contribution in [2.24, 2.45) is 0 Å². The summed E-state index contributed by atoms with van der Waals surface area (Å²) in [6, 6.07) is 87.7. The quantitative estimate of drug-likeness (QED) is 0.105. The van der Waals surface area contributed by atoms with E-state index in [-0.39, 0.29) is 0 Å². The topological polar surface area (TPSA) is 0 Å². The summed E-state index contributed by atoms with van der Waals surface area (Å²) < 4.78 is 0. The number of rotatable bonds is 8. The van der Waals surface area contributed by atoms with Crippen molar-refractivity contribution in [2.75, 3.05) is 0 Å². The van der Waals surface area contributed by atoms with Gasteiger partial charge in [0.15, 0.2) is 0 Å². The van der Waals surface area contributed by atoms with E-state index < -0.39 is 23.7 Å². The molecule has 0 bridgehead atoms. The molecule has 0 saturated heterocycles. The molecule has 0 amide bonds. The molecule has 281 valence electrons. The van der Waals surface area contributed by atoms with Crippen molar-refractivity contribution < 1.29 is 9.20 Å². The van der Waals surface area contributed by atoms with Gasteiger partial charge in [0.2, 0.25) is 0 Å². The van der Waals surface area contributed by atoms with Crippen LogP contribution in [0.5, 0.6) is 0 Å². The van der Waals surface area contributed by atoms with E-state index in [1.165, 1.54) is 42.4 Å². The molecule has 8 aromatic rings. The van der Waals surface area contributed by atoms with Crippen molar-refractivity contribution in [1.29, 1.82) is 0 Å². The third-order valence-corrected chi connectivity index (χ3v) is 17.7. The first-order valence-electron chi connectivity index (χ1n) is 17.5. The third-order valence-electron chi connectivity index (χ3n) is 9.15. The summed E-state index contributed by atoms with van der Waals surface area (Å²) in [5.74, 6) is 0. The first-order chi connectivity index (χ1) is 26.8. The Balaban J connectivity index is 0.000000167. The van der Waals surface area contributed by atoms with E-state index in [4.69, 9.17) is 40.4 Å². The first-order valence-corrected chi connectivity index (χ1v) is 26.3. The number of hydrogen-bond acceptors (Lipinski definition) is 0. The molecule has 0 atom stereocenters. The van der Waals surface area contributed by atoms with Crippen LogP contribution >= 0.6 is 54.9 Å². The molecule has 0 aliphatic rings. The van der Waals surface area contributed by atoms with Crippen LogP contribution in [0.3, 0.4) is 0 Å². The Morgan fingerprint density at radius 3 is 0.382 bits per heavy atom. The minimum Gasteiger partial charge on any atom is -0.0620 e. The molecule has 8 rings (SSSR count). The predicted molar refractivity (Wildman–Crippen MR) is 246 cm³/mol. The minimum atomic E-state index is -2.24. The van der Waals surface area contributed by atoms with Crippen LogP contribution in [0.1, 0.15) is 0 Å². The number of hydrogen-bond donors (Lipinski definition) is 0. The second-order valence-corrected chi connectivity index (χ2v) is 28.4. The summed E-state index contributed by atoms with van der Waals surface area (Å²) in [6.07, 6.45) is 0. The van der Waals surface area contributed by atoms with Gasteiger partial charge in [-0.25, -0.2) is 0 Å². The van der Waals surface area contributed by atoms with E-state index >= 15 is 0 Å². The fraction of sp³-hybridized carbons (Fsp3) is 0. The van der Waals surface area contributed by atoms with Crippen LogP contribution in [-0.2, 0) is 9.20 Å². The molecular weight excluding hydrogens is 844 g/mol. The maximum Gasteiger partial charge on any atom is 0.144 e. The largest absolute Gasteiger partial charge is 0.144 e. The maximum absolute atomic E-state index is 4.90. The SMILES string of the molecule is [Cl][Cu-2]([Cl])([Cl])[Cl].c1ccc([P+](c2ccccc2)(c2ccccc2)c2ccccc2)cc1.c1ccc([P+](c2ccccc2)(c2ccccc2)c2ccccc2)cc1. The molecule has 0 saturated carbocycles. The van der Waals surface area contributed by atoms with E-state index in [1.807, 2.05) is 0 Å². The summed E-state index contributed by atoms with van der Waals surface area (Å²) >= 11 is 0. The predicted octanol–water partition coefficient (Wildman–Crippen LogP) is 11.4. The molecule has 0 N–H and O–H groups in total. The zero-order chi connectivity index (χ0) is 38.4. The van der Waals surface area contributed by atoms with Crippen LogP contribution < -0.4 is 42.4 Å². The molecule has 0 heterocycles. The van der Waals surface area contributed by atoms with Gasteiger partial charge in [-0.05, 0) is 97.1 Å². The standard InChI is InChI=1S/2C24H20P.4ClH.Cu/c2*1-5-13-21(14-6-1)25(22-15-7-2-8-16-22,23-17-9-3-10-18-23)24-19-11-4-12-20-24;;;;;/h2*1-20H;4*1H;/q2*+1;;;;;+2/p-4. The summed E-state index contributed by atoms with van der Waals surface area (Å²) in [5.41, 5.74) is 0. The van der Waals surface area contributed by atoms with E-state index in [0.717, 1.165) is 0 Å². The van der Waals surface area contributed by atoms with Gasteiger partial charge in [0.1, 0.15) is 57.0 Å². The van der Waals surface area contributed by atoms with Gasteiger partial charge < -0.3 is 0 Å². The molecule has 0 aliphatic carbocycles.